The van der Waals surface area contributed by atoms with Crippen LogP contribution in [-0.4, -0.2) is 27.9 Å². The van der Waals surface area contributed by atoms with Crippen LogP contribution >= 0.6 is 0 Å². The third-order valence-corrected chi connectivity index (χ3v) is 2.78. The number of anilines is 4. The van der Waals surface area contributed by atoms with Crippen LogP contribution in [0.1, 0.15) is 5.69 Å². The second-order valence-corrected chi connectivity index (χ2v) is 4.30. The number of hydrogen-bond donors (Lipinski definition) is 4. The van der Waals surface area contributed by atoms with E-state index in [4.69, 9.17) is 11.5 Å². The molecular formula is C12H19N7. The second kappa shape index (κ2) is 5.47. The summed E-state index contributed by atoms with van der Waals surface area (Å²) >= 11 is 0. The molecule has 0 saturated heterocycles. The summed E-state index contributed by atoms with van der Waals surface area (Å²) in [6.07, 6.45) is 1.62. The number of aryl methyl sites for hydroxylation is 2. The SMILES string of the molecule is Cc1nn(C)c(NCCNc2ccc(N)cn2)c1N. The van der Waals surface area contributed by atoms with Gasteiger partial charge in [-0.05, 0) is 19.1 Å². The summed E-state index contributed by atoms with van der Waals surface area (Å²) in [5.41, 5.74) is 13.7. The number of aromatic nitrogens is 3. The number of nitrogens with one attached hydrogen (secondary N) is 2. The molecule has 0 atom stereocenters. The van der Waals surface area contributed by atoms with Gasteiger partial charge in [-0.25, -0.2) is 4.98 Å². The first-order chi connectivity index (χ1) is 9.08. The Balaban J connectivity index is 1.82. The van der Waals surface area contributed by atoms with E-state index in [1.54, 1.807) is 10.9 Å². The number of pyridine rings is 1. The maximum absolute atomic E-state index is 5.92. The van der Waals surface area contributed by atoms with Gasteiger partial charge in [-0.1, -0.05) is 0 Å². The first-order valence-electron chi connectivity index (χ1n) is 6.06. The minimum absolute atomic E-state index is 0.654. The standard InChI is InChI=1S/C12H19N7/c1-8-11(14)12(19(2)18-8)16-6-5-15-10-4-3-9(13)7-17-10/h3-4,7,16H,5-6,13-14H2,1-2H3,(H,15,17). The zero-order valence-corrected chi connectivity index (χ0v) is 11.1. The molecule has 0 aliphatic heterocycles. The predicted octanol–water partition coefficient (Wildman–Crippen LogP) is 0.812. The second-order valence-electron chi connectivity index (χ2n) is 4.30. The molecule has 0 bridgehead atoms. The van der Waals surface area contributed by atoms with Crippen LogP contribution in [0.25, 0.3) is 0 Å². The molecule has 7 heteroatoms. The van der Waals surface area contributed by atoms with E-state index in [0.29, 0.717) is 11.4 Å². The van der Waals surface area contributed by atoms with Gasteiger partial charge in [0.05, 0.1) is 23.3 Å². The summed E-state index contributed by atoms with van der Waals surface area (Å²) in [6.45, 7) is 3.33. The fraction of sp³-hybridized carbons (Fsp3) is 0.333. The highest BCUT2D eigenvalue weighted by molar-refractivity contribution is 5.64. The summed E-state index contributed by atoms with van der Waals surface area (Å²) in [4.78, 5) is 4.16. The minimum atomic E-state index is 0.654. The molecule has 0 saturated carbocycles. The molecule has 7 nitrogen and oxygen atoms in total. The zero-order valence-electron chi connectivity index (χ0n) is 11.1. The van der Waals surface area contributed by atoms with E-state index in [9.17, 15) is 0 Å². The van der Waals surface area contributed by atoms with Gasteiger partial charge < -0.3 is 22.1 Å². The molecule has 0 aromatic carbocycles. The van der Waals surface area contributed by atoms with Crippen LogP contribution in [0.15, 0.2) is 18.3 Å². The van der Waals surface area contributed by atoms with Crippen LogP contribution in [-0.2, 0) is 7.05 Å². The lowest BCUT2D eigenvalue weighted by molar-refractivity contribution is 0.758. The van der Waals surface area contributed by atoms with Crippen molar-refractivity contribution in [1.29, 1.82) is 0 Å². The van der Waals surface area contributed by atoms with E-state index in [2.05, 4.69) is 20.7 Å². The molecular weight excluding hydrogens is 242 g/mol. The van der Waals surface area contributed by atoms with Crippen LogP contribution in [0, 0.1) is 6.92 Å². The van der Waals surface area contributed by atoms with Gasteiger partial charge in [0.15, 0.2) is 0 Å². The lowest BCUT2D eigenvalue weighted by Gasteiger charge is -2.09. The van der Waals surface area contributed by atoms with Crippen molar-refractivity contribution in [3.05, 3.63) is 24.0 Å². The molecule has 0 spiro atoms. The minimum Gasteiger partial charge on any atom is -0.397 e. The Morgan fingerprint density at radius 2 is 1.95 bits per heavy atom. The van der Waals surface area contributed by atoms with Crippen molar-refractivity contribution in [3.63, 3.8) is 0 Å². The van der Waals surface area contributed by atoms with E-state index in [0.717, 1.165) is 30.4 Å². The molecule has 2 rings (SSSR count). The molecule has 2 aromatic rings. The largest absolute Gasteiger partial charge is 0.397 e. The number of nitrogens with two attached hydrogens (primary N) is 2. The highest BCUT2D eigenvalue weighted by atomic mass is 15.3. The van der Waals surface area contributed by atoms with Crippen molar-refractivity contribution < 1.29 is 0 Å². The molecule has 0 unspecified atom stereocenters. The summed E-state index contributed by atoms with van der Waals surface area (Å²) in [5.74, 6) is 1.63. The molecule has 6 N–H and O–H groups in total. The smallest absolute Gasteiger partial charge is 0.147 e. The average molecular weight is 261 g/mol. The van der Waals surface area contributed by atoms with E-state index >= 15 is 0 Å². The Hall–Kier alpha value is -2.44. The van der Waals surface area contributed by atoms with Gasteiger partial charge in [0.25, 0.3) is 0 Å². The monoisotopic (exact) mass is 261 g/mol. The van der Waals surface area contributed by atoms with Crippen molar-refractivity contribution in [2.75, 3.05) is 35.2 Å². The number of rotatable bonds is 5. The van der Waals surface area contributed by atoms with Crippen LogP contribution in [0.5, 0.6) is 0 Å². The highest BCUT2D eigenvalue weighted by Crippen LogP contribution is 2.20. The summed E-state index contributed by atoms with van der Waals surface area (Å²) in [6, 6.07) is 3.66. The van der Waals surface area contributed by atoms with Crippen molar-refractivity contribution >= 4 is 23.0 Å². The maximum Gasteiger partial charge on any atom is 0.147 e. The third kappa shape index (κ3) is 3.06. The Labute approximate surface area is 112 Å². The first-order valence-corrected chi connectivity index (χ1v) is 6.06. The highest BCUT2D eigenvalue weighted by Gasteiger charge is 2.08. The molecule has 0 aliphatic carbocycles. The fourth-order valence-electron chi connectivity index (χ4n) is 1.77. The van der Waals surface area contributed by atoms with Gasteiger partial charge in [0, 0.05) is 20.1 Å². The van der Waals surface area contributed by atoms with Gasteiger partial charge in [0.1, 0.15) is 11.6 Å². The molecule has 0 amide bonds. The third-order valence-electron chi connectivity index (χ3n) is 2.78. The topological polar surface area (TPSA) is 107 Å². The van der Waals surface area contributed by atoms with Crippen LogP contribution < -0.4 is 22.1 Å². The molecule has 0 radical (unpaired) electrons. The molecule has 0 fully saturated rings. The summed E-state index contributed by atoms with van der Waals surface area (Å²) < 4.78 is 1.74. The van der Waals surface area contributed by atoms with Crippen LogP contribution in [0.3, 0.4) is 0 Å². The fourth-order valence-corrected chi connectivity index (χ4v) is 1.77. The lowest BCUT2D eigenvalue weighted by atomic mass is 10.4. The Bertz CT molecular complexity index is 544. The number of hydrogen-bond acceptors (Lipinski definition) is 6. The average Bonchev–Trinajstić information content (AvgIpc) is 2.62. The summed E-state index contributed by atoms with van der Waals surface area (Å²) in [7, 11) is 1.86. The lowest BCUT2D eigenvalue weighted by Crippen LogP contribution is -2.16. The summed E-state index contributed by atoms with van der Waals surface area (Å²) in [5, 5.41) is 10.7. The molecule has 0 aliphatic rings. The quantitative estimate of drug-likeness (QED) is 0.593. The zero-order chi connectivity index (χ0) is 13.8. The van der Waals surface area contributed by atoms with Crippen LogP contribution in [0.4, 0.5) is 23.0 Å². The van der Waals surface area contributed by atoms with E-state index in [1.807, 2.05) is 26.1 Å². The van der Waals surface area contributed by atoms with Crippen molar-refractivity contribution in [3.8, 4) is 0 Å². The molecule has 19 heavy (non-hydrogen) atoms. The van der Waals surface area contributed by atoms with Crippen molar-refractivity contribution in [2.45, 2.75) is 6.92 Å². The van der Waals surface area contributed by atoms with Gasteiger partial charge in [-0.15, -0.1) is 0 Å². The Kier molecular flexibility index (Phi) is 3.74. The van der Waals surface area contributed by atoms with Crippen LogP contribution in [0.2, 0.25) is 0 Å². The molecule has 102 valence electrons. The maximum atomic E-state index is 5.92. The predicted molar refractivity (Wildman–Crippen MR) is 78.0 cm³/mol. The number of nitrogen functional groups attached to an aromatic ring is 2. The van der Waals surface area contributed by atoms with Gasteiger partial charge in [-0.3, -0.25) is 4.68 Å². The number of nitrogens with zero attached hydrogens (tertiary/aromatic N) is 3. The van der Waals surface area contributed by atoms with Gasteiger partial charge >= 0.3 is 0 Å². The van der Waals surface area contributed by atoms with E-state index in [1.165, 1.54) is 0 Å². The Morgan fingerprint density at radius 3 is 2.53 bits per heavy atom. The molecule has 2 heterocycles. The van der Waals surface area contributed by atoms with Gasteiger partial charge in [-0.2, -0.15) is 5.10 Å². The van der Waals surface area contributed by atoms with E-state index < -0.39 is 0 Å². The van der Waals surface area contributed by atoms with Crippen molar-refractivity contribution in [2.24, 2.45) is 7.05 Å². The normalized spacial score (nSPS) is 10.4. The first kappa shape index (κ1) is 13.0. The van der Waals surface area contributed by atoms with E-state index in [-0.39, 0.29) is 0 Å². The van der Waals surface area contributed by atoms with Crippen molar-refractivity contribution in [1.82, 2.24) is 14.8 Å². The van der Waals surface area contributed by atoms with Gasteiger partial charge in [0.2, 0.25) is 0 Å². The Morgan fingerprint density at radius 1 is 1.21 bits per heavy atom. The molecule has 2 aromatic heterocycles.